The van der Waals surface area contributed by atoms with Crippen LogP contribution in [0.4, 0.5) is 0 Å². The van der Waals surface area contributed by atoms with Gasteiger partial charge in [-0.15, -0.1) is 0 Å². The Hall–Kier alpha value is -3.15. The Morgan fingerprint density at radius 3 is 0.803 bits per heavy atom. The number of carbonyl (C=O) groups excluding carboxylic acids is 3. The molecule has 0 rings (SSSR count). The van der Waals surface area contributed by atoms with E-state index in [1.165, 1.54) is 193 Å². The zero-order chi connectivity index (χ0) is 55.0. The van der Waals surface area contributed by atoms with Gasteiger partial charge < -0.3 is 14.2 Å². The number of unbranched alkanes of at least 4 members (excludes halogenated alkanes) is 37. The molecule has 440 valence electrons. The van der Waals surface area contributed by atoms with Gasteiger partial charge in [0, 0.05) is 19.3 Å². The first kappa shape index (κ1) is 72.8. The van der Waals surface area contributed by atoms with Crippen LogP contribution in [-0.4, -0.2) is 37.2 Å². The van der Waals surface area contributed by atoms with Gasteiger partial charge in [0.15, 0.2) is 6.10 Å². The first-order valence-corrected chi connectivity index (χ1v) is 32.9. The summed E-state index contributed by atoms with van der Waals surface area (Å²) in [5, 5.41) is 0. The fourth-order valence-electron chi connectivity index (χ4n) is 9.57. The quantitative estimate of drug-likeness (QED) is 0.0261. The molecule has 0 heterocycles. The van der Waals surface area contributed by atoms with Crippen molar-refractivity contribution in [3.05, 3.63) is 72.9 Å². The second kappa shape index (κ2) is 64.4. The van der Waals surface area contributed by atoms with Gasteiger partial charge in [-0.05, 0) is 70.6 Å². The maximum absolute atomic E-state index is 12.9. The van der Waals surface area contributed by atoms with E-state index < -0.39 is 6.10 Å². The highest BCUT2D eigenvalue weighted by Crippen LogP contribution is 2.18. The zero-order valence-electron chi connectivity index (χ0n) is 50.5. The van der Waals surface area contributed by atoms with E-state index in [1.54, 1.807) is 0 Å². The summed E-state index contributed by atoms with van der Waals surface area (Å²) in [6.07, 6.45) is 83.7. The number of carbonyl (C=O) groups is 3. The van der Waals surface area contributed by atoms with Crippen LogP contribution >= 0.6 is 0 Å². The summed E-state index contributed by atoms with van der Waals surface area (Å²) < 4.78 is 16.9. The van der Waals surface area contributed by atoms with Gasteiger partial charge in [-0.2, -0.15) is 0 Å². The summed E-state index contributed by atoms with van der Waals surface area (Å²) in [5.41, 5.74) is 0. The van der Waals surface area contributed by atoms with Gasteiger partial charge in [0.05, 0.1) is 0 Å². The third kappa shape index (κ3) is 61.7. The third-order valence-corrected chi connectivity index (χ3v) is 14.5. The van der Waals surface area contributed by atoms with Gasteiger partial charge in [0.1, 0.15) is 13.2 Å². The predicted octanol–water partition coefficient (Wildman–Crippen LogP) is 22.5. The van der Waals surface area contributed by atoms with Gasteiger partial charge in [-0.1, -0.05) is 318 Å². The van der Waals surface area contributed by atoms with E-state index in [1.807, 2.05) is 0 Å². The molecule has 1 atom stereocenters. The lowest BCUT2D eigenvalue weighted by molar-refractivity contribution is -0.167. The number of ether oxygens (including phenoxy) is 3. The SMILES string of the molecule is CC/C=C\C/C=C\C/C=C\C/C=C\C/C=C\C/C=C\CCCCCCCCCCC(=O)OCC(COC(=O)CCCCCCCCC)OC(=O)CCCCCCCCCCCCCCCCCCCCCCCCCC. The zero-order valence-corrected chi connectivity index (χ0v) is 50.5. The van der Waals surface area contributed by atoms with Gasteiger partial charge in [-0.3, -0.25) is 14.4 Å². The molecule has 0 aromatic carbocycles. The lowest BCUT2D eigenvalue weighted by atomic mass is 10.0. The first-order chi connectivity index (χ1) is 37.5. The maximum Gasteiger partial charge on any atom is 0.306 e. The highest BCUT2D eigenvalue weighted by molar-refractivity contribution is 5.71. The molecule has 76 heavy (non-hydrogen) atoms. The van der Waals surface area contributed by atoms with Crippen LogP contribution in [0.3, 0.4) is 0 Å². The smallest absolute Gasteiger partial charge is 0.306 e. The molecular weight excluding hydrogens is 937 g/mol. The highest BCUT2D eigenvalue weighted by Gasteiger charge is 2.19. The fourth-order valence-corrected chi connectivity index (χ4v) is 9.57. The van der Waals surface area contributed by atoms with Gasteiger partial charge >= 0.3 is 17.9 Å². The molecule has 0 saturated carbocycles. The second-order valence-electron chi connectivity index (χ2n) is 22.0. The van der Waals surface area contributed by atoms with Crippen molar-refractivity contribution in [2.24, 2.45) is 0 Å². The minimum absolute atomic E-state index is 0.0742. The number of allylic oxidation sites excluding steroid dienone is 12. The van der Waals surface area contributed by atoms with Crippen molar-refractivity contribution in [2.75, 3.05) is 13.2 Å². The average Bonchev–Trinajstić information content (AvgIpc) is 3.42. The lowest BCUT2D eigenvalue weighted by Crippen LogP contribution is -2.30. The summed E-state index contributed by atoms with van der Waals surface area (Å²) in [6, 6.07) is 0. The van der Waals surface area contributed by atoms with E-state index in [0.717, 1.165) is 103 Å². The van der Waals surface area contributed by atoms with Crippen LogP contribution < -0.4 is 0 Å². The van der Waals surface area contributed by atoms with Crippen molar-refractivity contribution in [1.29, 1.82) is 0 Å². The fraction of sp³-hybridized carbons (Fsp3) is 0.786. The van der Waals surface area contributed by atoms with Crippen LogP contribution in [0.25, 0.3) is 0 Å². The van der Waals surface area contributed by atoms with Crippen molar-refractivity contribution in [1.82, 2.24) is 0 Å². The predicted molar refractivity (Wildman–Crippen MR) is 330 cm³/mol. The van der Waals surface area contributed by atoms with E-state index in [2.05, 4.69) is 93.7 Å². The van der Waals surface area contributed by atoms with E-state index in [9.17, 15) is 14.4 Å². The maximum atomic E-state index is 12.9. The molecule has 0 bridgehead atoms. The van der Waals surface area contributed by atoms with Crippen LogP contribution in [0.1, 0.15) is 335 Å². The molecule has 0 aromatic rings. The number of hydrogen-bond donors (Lipinski definition) is 0. The van der Waals surface area contributed by atoms with Crippen LogP contribution in [0.15, 0.2) is 72.9 Å². The van der Waals surface area contributed by atoms with E-state index in [-0.39, 0.29) is 31.1 Å². The molecule has 0 aliphatic rings. The monoisotopic (exact) mass is 1060 g/mol. The minimum Gasteiger partial charge on any atom is -0.462 e. The summed E-state index contributed by atoms with van der Waals surface area (Å²) >= 11 is 0. The van der Waals surface area contributed by atoms with Crippen molar-refractivity contribution in [2.45, 2.75) is 341 Å². The Bertz CT molecular complexity index is 1400. The van der Waals surface area contributed by atoms with E-state index in [4.69, 9.17) is 14.2 Å². The molecule has 0 saturated heterocycles. The summed E-state index contributed by atoms with van der Waals surface area (Å²) in [5.74, 6) is -0.873. The Balaban J connectivity index is 4.12. The molecule has 0 aliphatic carbocycles. The normalized spacial score (nSPS) is 12.5. The molecule has 6 nitrogen and oxygen atoms in total. The van der Waals surface area contributed by atoms with Gasteiger partial charge in [-0.25, -0.2) is 0 Å². The topological polar surface area (TPSA) is 78.9 Å². The Morgan fingerprint density at radius 1 is 0.276 bits per heavy atom. The molecule has 6 heteroatoms. The summed E-state index contributed by atoms with van der Waals surface area (Å²) in [7, 11) is 0. The van der Waals surface area contributed by atoms with Gasteiger partial charge in [0.2, 0.25) is 0 Å². The average molecular weight is 1060 g/mol. The molecular formula is C70H124O6. The largest absolute Gasteiger partial charge is 0.462 e. The number of hydrogen-bond acceptors (Lipinski definition) is 6. The van der Waals surface area contributed by atoms with Crippen LogP contribution in [-0.2, 0) is 28.6 Å². The number of rotatable bonds is 60. The second-order valence-corrected chi connectivity index (χ2v) is 22.0. The first-order valence-electron chi connectivity index (χ1n) is 32.9. The number of esters is 3. The van der Waals surface area contributed by atoms with Crippen molar-refractivity contribution < 1.29 is 28.6 Å². The molecule has 0 fully saturated rings. The van der Waals surface area contributed by atoms with Crippen molar-refractivity contribution in [3.63, 3.8) is 0 Å². The van der Waals surface area contributed by atoms with Crippen molar-refractivity contribution >= 4 is 17.9 Å². The summed E-state index contributed by atoms with van der Waals surface area (Å²) in [6.45, 7) is 6.52. The molecule has 0 N–H and O–H groups in total. The molecule has 0 radical (unpaired) electrons. The third-order valence-electron chi connectivity index (χ3n) is 14.5. The molecule has 0 amide bonds. The Labute approximate surface area is 472 Å². The van der Waals surface area contributed by atoms with E-state index in [0.29, 0.717) is 19.3 Å². The Morgan fingerprint density at radius 2 is 0.513 bits per heavy atom. The van der Waals surface area contributed by atoms with Crippen LogP contribution in [0.2, 0.25) is 0 Å². The lowest BCUT2D eigenvalue weighted by Gasteiger charge is -2.18. The van der Waals surface area contributed by atoms with Gasteiger partial charge in [0.25, 0.3) is 0 Å². The molecule has 0 aliphatic heterocycles. The molecule has 1 unspecified atom stereocenters. The Kier molecular flexibility index (Phi) is 61.7. The van der Waals surface area contributed by atoms with Crippen LogP contribution in [0, 0.1) is 0 Å². The summed E-state index contributed by atoms with van der Waals surface area (Å²) in [4.78, 5) is 38.1. The highest BCUT2D eigenvalue weighted by atomic mass is 16.6. The molecule has 0 aromatic heterocycles. The van der Waals surface area contributed by atoms with Crippen molar-refractivity contribution in [3.8, 4) is 0 Å². The van der Waals surface area contributed by atoms with E-state index >= 15 is 0 Å². The van der Waals surface area contributed by atoms with Crippen LogP contribution in [0.5, 0.6) is 0 Å². The minimum atomic E-state index is -0.775. The molecule has 0 spiro atoms. The standard InChI is InChI=1S/C70H124O6/c1-4-7-10-13-16-18-20-22-24-26-28-30-32-34-35-36-38-39-41-43-45-47-49-51-54-57-60-63-69(72)75-66-67(65-74-68(71)62-59-56-53-15-12-9-6-3)76-70(73)64-61-58-55-52-50-48-46-44-42-40-37-33-31-29-27-25-23-21-19-17-14-11-8-5-2/h7,10,16,18,22,24,28,30,34-35,38-39,67H,4-6,8-9,11-15,17,19-21,23,25-27,29,31-33,36-37,40-66H2,1-3H3/b10-7-,18-16-,24-22-,30-28-,35-34-,39-38-.